The molecule has 2 unspecified atom stereocenters. The lowest BCUT2D eigenvalue weighted by molar-refractivity contribution is -0.274. The van der Waals surface area contributed by atoms with Gasteiger partial charge in [-0.05, 0) is 78.7 Å². The van der Waals surface area contributed by atoms with Crippen molar-refractivity contribution >= 4 is 48.6 Å². The van der Waals surface area contributed by atoms with Crippen LogP contribution in [0.1, 0.15) is 66.1 Å². The van der Waals surface area contributed by atoms with E-state index < -0.39 is 12.3 Å². The summed E-state index contributed by atoms with van der Waals surface area (Å²) in [5, 5.41) is 14.5. The number of hydrogen-bond donors (Lipinski definition) is 1. The molecule has 8 nitrogen and oxygen atoms in total. The van der Waals surface area contributed by atoms with E-state index >= 15 is 0 Å². The summed E-state index contributed by atoms with van der Waals surface area (Å²) < 4.78 is 57.2. The van der Waals surface area contributed by atoms with Gasteiger partial charge in [-0.25, -0.2) is 9.78 Å². The second-order valence-electron chi connectivity index (χ2n) is 11.0. The van der Waals surface area contributed by atoms with Crippen LogP contribution in [0.2, 0.25) is 0 Å². The molecule has 1 saturated carbocycles. The normalized spacial score (nSPS) is 22.2. The van der Waals surface area contributed by atoms with Crippen molar-refractivity contribution in [2.75, 3.05) is 4.90 Å². The number of carbonyl (C=O) groups is 1. The summed E-state index contributed by atoms with van der Waals surface area (Å²) in [4.78, 5) is 18.7. The number of para-hydroxylation sites is 1. The Bertz CT molecular complexity index is 1660. The van der Waals surface area contributed by atoms with E-state index in [0.29, 0.717) is 21.5 Å². The minimum absolute atomic E-state index is 0.0463. The molecule has 0 radical (unpaired) electrons. The molecule has 0 spiro atoms. The number of nitrogens with zero attached hydrogens (tertiary/aromatic N) is 3. The molecule has 13 heteroatoms. The molecule has 4 aromatic rings. The van der Waals surface area contributed by atoms with Crippen molar-refractivity contribution in [2.24, 2.45) is 0 Å². The van der Waals surface area contributed by atoms with Crippen LogP contribution in [0.15, 0.2) is 45.4 Å². The Hall–Kier alpha value is -3.16. The van der Waals surface area contributed by atoms with Gasteiger partial charge in [0.15, 0.2) is 5.13 Å². The molecule has 42 heavy (non-hydrogen) atoms. The molecule has 1 N–H and O–H groups in total. The number of anilines is 1. The molecule has 0 amide bonds. The number of piperidine rings is 1. The lowest BCUT2D eigenvalue weighted by atomic mass is 10.00. The molecule has 2 aliphatic heterocycles. The molecule has 7 rings (SSSR count). The van der Waals surface area contributed by atoms with Gasteiger partial charge in [0.25, 0.3) is 0 Å². The number of fused-ring (bicyclic) bond motifs is 3. The first-order valence-corrected chi connectivity index (χ1v) is 15.3. The molecule has 2 bridgehead atoms. The van der Waals surface area contributed by atoms with Crippen LogP contribution in [0.25, 0.3) is 21.5 Å². The van der Waals surface area contributed by atoms with Crippen LogP contribution in [0, 0.1) is 0 Å². The number of ether oxygens (including phenoxy) is 2. The molecule has 220 valence electrons. The standard InChI is InChI=1S/C29H25BrF3N3O5S/c30-21-9-15(27(37)38)10-23-25(21)34-28(42-23)36-16-7-8-17(36)12-18(11-16)39-13-20-24(35-41-26(20)14-5-6-14)19-3-1-2-4-22(19)40-29(31,32)33/h1-4,9-10,14,16-18H,5-8,11-13H2,(H,37,38). The Balaban J connectivity index is 1.10. The van der Waals surface area contributed by atoms with E-state index in [-0.39, 0.29) is 47.6 Å². The van der Waals surface area contributed by atoms with E-state index in [1.54, 1.807) is 24.3 Å². The molecule has 3 aliphatic rings. The average Bonchev–Trinajstić information content (AvgIpc) is 3.45. The van der Waals surface area contributed by atoms with E-state index in [1.165, 1.54) is 23.5 Å². The lowest BCUT2D eigenvalue weighted by Gasteiger charge is -2.38. The zero-order chi connectivity index (χ0) is 29.2. The SMILES string of the molecule is O=C(O)c1cc(Br)c2nc(N3C4CCC3CC(OCc3c(-c5ccccc5OC(F)(F)F)noc3C3CC3)C4)sc2c1. The maximum absolute atomic E-state index is 13.1. The number of aromatic nitrogens is 2. The van der Waals surface area contributed by atoms with Gasteiger partial charge in [0.1, 0.15) is 17.2 Å². The van der Waals surface area contributed by atoms with Gasteiger partial charge < -0.3 is 24.0 Å². The fraction of sp³-hybridized carbons (Fsp3) is 0.414. The van der Waals surface area contributed by atoms with Crippen LogP contribution in [0.5, 0.6) is 5.75 Å². The van der Waals surface area contributed by atoms with Gasteiger partial charge in [-0.1, -0.05) is 28.6 Å². The van der Waals surface area contributed by atoms with Crippen LogP contribution in [0.3, 0.4) is 0 Å². The highest BCUT2D eigenvalue weighted by Gasteiger charge is 2.43. The van der Waals surface area contributed by atoms with Crippen molar-refractivity contribution in [1.82, 2.24) is 10.1 Å². The van der Waals surface area contributed by atoms with E-state index in [9.17, 15) is 23.1 Å². The van der Waals surface area contributed by atoms with Crippen molar-refractivity contribution in [2.45, 2.75) is 75.6 Å². The topological polar surface area (TPSA) is 97.9 Å². The van der Waals surface area contributed by atoms with E-state index in [2.05, 4.69) is 30.7 Å². The fourth-order valence-electron chi connectivity index (χ4n) is 6.20. The first-order valence-electron chi connectivity index (χ1n) is 13.7. The second kappa shape index (κ2) is 10.5. The second-order valence-corrected chi connectivity index (χ2v) is 12.9. The number of hydrogen-bond acceptors (Lipinski definition) is 8. The number of halogens is 4. The predicted molar refractivity (Wildman–Crippen MR) is 152 cm³/mol. The summed E-state index contributed by atoms with van der Waals surface area (Å²) in [5.74, 6) is -0.444. The monoisotopic (exact) mass is 663 g/mol. The van der Waals surface area contributed by atoms with Crippen LogP contribution in [0.4, 0.5) is 18.3 Å². The van der Waals surface area contributed by atoms with Crippen LogP contribution in [-0.4, -0.2) is 45.8 Å². The van der Waals surface area contributed by atoms with Gasteiger partial charge in [-0.2, -0.15) is 0 Å². The minimum atomic E-state index is -4.83. The van der Waals surface area contributed by atoms with Crippen molar-refractivity contribution in [3.05, 3.63) is 57.8 Å². The van der Waals surface area contributed by atoms with Crippen molar-refractivity contribution in [1.29, 1.82) is 0 Å². The van der Waals surface area contributed by atoms with Crippen LogP contribution >= 0.6 is 27.3 Å². The molecule has 4 heterocycles. The molecule has 2 saturated heterocycles. The molecular weight excluding hydrogens is 639 g/mol. The third-order valence-electron chi connectivity index (χ3n) is 8.19. The Labute approximate surface area is 250 Å². The average molecular weight is 664 g/mol. The largest absolute Gasteiger partial charge is 0.573 e. The smallest absolute Gasteiger partial charge is 0.478 e. The number of rotatable bonds is 8. The summed E-state index contributed by atoms with van der Waals surface area (Å²) >= 11 is 4.97. The summed E-state index contributed by atoms with van der Waals surface area (Å²) in [6, 6.07) is 9.63. The van der Waals surface area contributed by atoms with E-state index in [1.807, 2.05) is 0 Å². The summed E-state index contributed by atoms with van der Waals surface area (Å²) in [6.07, 6.45) is 0.554. The molecule has 2 aromatic carbocycles. The first kappa shape index (κ1) is 27.7. The van der Waals surface area contributed by atoms with Gasteiger partial charge in [-0.3, -0.25) is 0 Å². The first-order chi connectivity index (χ1) is 20.1. The Kier molecular flexibility index (Phi) is 6.93. The maximum Gasteiger partial charge on any atom is 0.573 e. The van der Waals surface area contributed by atoms with E-state index in [4.69, 9.17) is 14.2 Å². The van der Waals surface area contributed by atoms with Gasteiger partial charge >= 0.3 is 12.3 Å². The Morgan fingerprint density at radius 3 is 2.57 bits per heavy atom. The van der Waals surface area contributed by atoms with Gasteiger partial charge in [-0.15, -0.1) is 13.2 Å². The van der Waals surface area contributed by atoms with E-state index in [0.717, 1.165) is 53.9 Å². The number of alkyl halides is 3. The zero-order valence-corrected chi connectivity index (χ0v) is 24.5. The maximum atomic E-state index is 13.1. The van der Waals surface area contributed by atoms with Crippen LogP contribution < -0.4 is 9.64 Å². The Morgan fingerprint density at radius 1 is 1.14 bits per heavy atom. The van der Waals surface area contributed by atoms with Crippen molar-refractivity contribution in [3.8, 4) is 17.0 Å². The number of carboxylic acid groups (broad SMARTS) is 1. The minimum Gasteiger partial charge on any atom is -0.478 e. The molecule has 2 atom stereocenters. The number of aromatic carboxylic acids is 1. The zero-order valence-electron chi connectivity index (χ0n) is 22.1. The third-order valence-corrected chi connectivity index (χ3v) is 9.81. The van der Waals surface area contributed by atoms with Crippen molar-refractivity contribution < 1.29 is 37.1 Å². The molecule has 3 fully saturated rings. The van der Waals surface area contributed by atoms with Gasteiger partial charge in [0.05, 0.1) is 28.5 Å². The molecule has 2 aromatic heterocycles. The number of thiazole rings is 1. The number of benzene rings is 2. The number of carboxylic acids is 1. The summed E-state index contributed by atoms with van der Waals surface area (Å²) in [7, 11) is 0. The third kappa shape index (κ3) is 5.26. The highest BCUT2D eigenvalue weighted by Crippen LogP contribution is 2.47. The lowest BCUT2D eigenvalue weighted by Crippen LogP contribution is -2.45. The van der Waals surface area contributed by atoms with Gasteiger partial charge in [0.2, 0.25) is 0 Å². The van der Waals surface area contributed by atoms with Crippen molar-refractivity contribution in [3.63, 3.8) is 0 Å². The summed E-state index contributed by atoms with van der Waals surface area (Å²) in [5.41, 5.74) is 2.17. The quantitative estimate of drug-likeness (QED) is 0.203. The molecular formula is C29H25BrF3N3O5S. The highest BCUT2D eigenvalue weighted by molar-refractivity contribution is 9.10. The van der Waals surface area contributed by atoms with Gasteiger partial charge in [0, 0.05) is 33.6 Å². The Morgan fingerprint density at radius 2 is 1.88 bits per heavy atom. The highest BCUT2D eigenvalue weighted by atomic mass is 79.9. The summed E-state index contributed by atoms with van der Waals surface area (Å²) in [6.45, 7) is 0.182. The van der Waals surface area contributed by atoms with Crippen LogP contribution in [-0.2, 0) is 11.3 Å². The predicted octanol–water partition coefficient (Wildman–Crippen LogP) is 7.90. The fourth-order valence-corrected chi connectivity index (χ4v) is 8.06. The molecule has 1 aliphatic carbocycles.